The lowest BCUT2D eigenvalue weighted by Crippen LogP contribution is -2.44. The first-order chi connectivity index (χ1) is 11.5. The molecule has 1 aliphatic rings. The number of ether oxygens (including phenoxy) is 1. The molecule has 1 fully saturated rings. The molecule has 2 rings (SSSR count). The maximum absolute atomic E-state index is 12.2. The van der Waals surface area contributed by atoms with Crippen LogP contribution in [0.15, 0.2) is 29.3 Å². The molecule has 0 aliphatic carbocycles. The van der Waals surface area contributed by atoms with Crippen molar-refractivity contribution in [3.8, 4) is 5.75 Å². The van der Waals surface area contributed by atoms with E-state index in [4.69, 9.17) is 0 Å². The molecule has 1 unspecified atom stereocenters. The molecular formula is C17H26F2N4O. The third-order valence-electron chi connectivity index (χ3n) is 4.31. The number of nitrogens with zero attached hydrogens (tertiary/aromatic N) is 3. The molecule has 0 bridgehead atoms. The molecule has 0 saturated carbocycles. The number of hydrogen-bond donors (Lipinski definition) is 1. The zero-order valence-corrected chi connectivity index (χ0v) is 14.5. The van der Waals surface area contributed by atoms with Crippen LogP contribution in [0.1, 0.15) is 18.4 Å². The van der Waals surface area contributed by atoms with Crippen molar-refractivity contribution >= 4 is 5.96 Å². The number of halogens is 2. The van der Waals surface area contributed by atoms with Gasteiger partial charge in [-0.1, -0.05) is 12.1 Å². The van der Waals surface area contributed by atoms with Gasteiger partial charge in [-0.3, -0.25) is 4.99 Å². The Morgan fingerprint density at radius 3 is 2.67 bits per heavy atom. The van der Waals surface area contributed by atoms with Crippen molar-refractivity contribution in [3.63, 3.8) is 0 Å². The van der Waals surface area contributed by atoms with Crippen LogP contribution in [0.25, 0.3) is 0 Å². The predicted molar refractivity (Wildman–Crippen MR) is 91.6 cm³/mol. The molecule has 1 heterocycles. The van der Waals surface area contributed by atoms with Gasteiger partial charge in [0.25, 0.3) is 0 Å². The minimum absolute atomic E-state index is 0.170. The highest BCUT2D eigenvalue weighted by atomic mass is 19.3. The summed E-state index contributed by atoms with van der Waals surface area (Å²) in [5, 5.41) is 3.41. The van der Waals surface area contributed by atoms with Gasteiger partial charge in [0, 0.05) is 33.2 Å². The average Bonchev–Trinajstić information content (AvgIpc) is 2.95. The van der Waals surface area contributed by atoms with Gasteiger partial charge < -0.3 is 19.9 Å². The standard InChI is InChI=1S/C17H26F2N4O/c1-20-17(21-11-14-5-4-10-22(14)2)23(3)12-13-6-8-15(9-7-13)24-16(18)19/h6-9,14,16H,4-5,10-12H2,1-3H3,(H,20,21). The number of aliphatic imine (C=N–C) groups is 1. The molecule has 134 valence electrons. The third-order valence-corrected chi connectivity index (χ3v) is 4.31. The minimum Gasteiger partial charge on any atom is -0.435 e. The Bertz CT molecular complexity index is 536. The Hall–Kier alpha value is -1.89. The number of benzene rings is 1. The summed E-state index contributed by atoms with van der Waals surface area (Å²) in [5.74, 6) is 0.992. The monoisotopic (exact) mass is 340 g/mol. The second-order valence-corrected chi connectivity index (χ2v) is 6.08. The lowest BCUT2D eigenvalue weighted by atomic mass is 10.2. The summed E-state index contributed by atoms with van der Waals surface area (Å²) in [6.07, 6.45) is 2.44. The number of nitrogens with one attached hydrogen (secondary N) is 1. The molecule has 1 aromatic carbocycles. The zero-order valence-electron chi connectivity index (χ0n) is 14.5. The fourth-order valence-electron chi connectivity index (χ4n) is 2.96. The summed E-state index contributed by atoms with van der Waals surface area (Å²) in [6, 6.07) is 7.22. The summed E-state index contributed by atoms with van der Waals surface area (Å²) in [7, 11) is 5.86. The summed E-state index contributed by atoms with van der Waals surface area (Å²) in [5.41, 5.74) is 1.00. The van der Waals surface area contributed by atoms with Crippen LogP contribution in [-0.4, -0.2) is 62.6 Å². The van der Waals surface area contributed by atoms with Gasteiger partial charge in [-0.05, 0) is 44.1 Å². The molecule has 1 saturated heterocycles. The quantitative estimate of drug-likeness (QED) is 0.638. The average molecular weight is 340 g/mol. The van der Waals surface area contributed by atoms with E-state index < -0.39 is 6.61 Å². The van der Waals surface area contributed by atoms with E-state index in [0.29, 0.717) is 12.6 Å². The van der Waals surface area contributed by atoms with E-state index in [-0.39, 0.29) is 5.75 Å². The van der Waals surface area contributed by atoms with Crippen molar-refractivity contribution in [1.82, 2.24) is 15.1 Å². The van der Waals surface area contributed by atoms with Crippen LogP contribution >= 0.6 is 0 Å². The zero-order chi connectivity index (χ0) is 17.5. The lowest BCUT2D eigenvalue weighted by Gasteiger charge is -2.25. The number of likely N-dealkylation sites (tertiary alicyclic amines) is 1. The van der Waals surface area contributed by atoms with Gasteiger partial charge in [-0.25, -0.2) is 0 Å². The van der Waals surface area contributed by atoms with Gasteiger partial charge >= 0.3 is 6.61 Å². The highest BCUT2D eigenvalue weighted by molar-refractivity contribution is 5.79. The maximum atomic E-state index is 12.2. The van der Waals surface area contributed by atoms with Gasteiger partial charge in [0.15, 0.2) is 5.96 Å². The van der Waals surface area contributed by atoms with Crippen molar-refractivity contribution < 1.29 is 13.5 Å². The second-order valence-electron chi connectivity index (χ2n) is 6.08. The Morgan fingerprint density at radius 1 is 1.42 bits per heavy atom. The Labute approximate surface area is 142 Å². The largest absolute Gasteiger partial charge is 0.435 e. The van der Waals surface area contributed by atoms with Gasteiger partial charge in [0.2, 0.25) is 0 Å². The summed E-state index contributed by atoms with van der Waals surface area (Å²) < 4.78 is 28.7. The molecule has 1 aromatic rings. The van der Waals surface area contributed by atoms with Crippen LogP contribution in [0.2, 0.25) is 0 Å². The maximum Gasteiger partial charge on any atom is 0.387 e. The minimum atomic E-state index is -2.80. The van der Waals surface area contributed by atoms with E-state index in [1.807, 2.05) is 11.9 Å². The number of rotatable bonds is 6. The molecule has 1 N–H and O–H groups in total. The van der Waals surface area contributed by atoms with E-state index in [9.17, 15) is 8.78 Å². The van der Waals surface area contributed by atoms with Crippen molar-refractivity contribution in [2.24, 2.45) is 4.99 Å². The third kappa shape index (κ3) is 5.33. The van der Waals surface area contributed by atoms with Crippen molar-refractivity contribution in [3.05, 3.63) is 29.8 Å². The predicted octanol–water partition coefficient (Wildman–Crippen LogP) is 2.39. The molecule has 0 amide bonds. The summed E-state index contributed by atoms with van der Waals surface area (Å²) >= 11 is 0. The fraction of sp³-hybridized carbons (Fsp3) is 0.588. The van der Waals surface area contributed by atoms with E-state index in [2.05, 4.69) is 27.0 Å². The Balaban J connectivity index is 1.85. The number of likely N-dealkylation sites (N-methyl/N-ethyl adjacent to an activating group) is 1. The first kappa shape index (κ1) is 18.4. The first-order valence-corrected chi connectivity index (χ1v) is 8.15. The number of alkyl halides is 2. The first-order valence-electron chi connectivity index (χ1n) is 8.15. The van der Waals surface area contributed by atoms with Crippen LogP contribution in [0.5, 0.6) is 5.75 Å². The van der Waals surface area contributed by atoms with Gasteiger partial charge in [0.1, 0.15) is 5.75 Å². The highest BCUT2D eigenvalue weighted by Crippen LogP contribution is 2.16. The topological polar surface area (TPSA) is 40.1 Å². The summed E-state index contributed by atoms with van der Waals surface area (Å²) in [4.78, 5) is 8.69. The van der Waals surface area contributed by atoms with Crippen LogP contribution in [-0.2, 0) is 6.54 Å². The van der Waals surface area contributed by atoms with E-state index in [1.54, 1.807) is 31.3 Å². The SMILES string of the molecule is CN=C(NCC1CCCN1C)N(C)Cc1ccc(OC(F)F)cc1. The van der Waals surface area contributed by atoms with Gasteiger partial charge in [-0.15, -0.1) is 0 Å². The molecule has 5 nitrogen and oxygen atoms in total. The normalized spacial score (nSPS) is 18.9. The van der Waals surface area contributed by atoms with Crippen molar-refractivity contribution in [1.29, 1.82) is 0 Å². The van der Waals surface area contributed by atoms with E-state index in [1.165, 1.54) is 12.8 Å². The highest BCUT2D eigenvalue weighted by Gasteiger charge is 2.21. The van der Waals surface area contributed by atoms with Crippen molar-refractivity contribution in [2.75, 3.05) is 34.2 Å². The van der Waals surface area contributed by atoms with Crippen LogP contribution in [0.3, 0.4) is 0 Å². The Morgan fingerprint density at radius 2 is 2.12 bits per heavy atom. The molecule has 24 heavy (non-hydrogen) atoms. The Kier molecular flexibility index (Phi) is 6.78. The molecular weight excluding hydrogens is 314 g/mol. The van der Waals surface area contributed by atoms with E-state index >= 15 is 0 Å². The van der Waals surface area contributed by atoms with Crippen molar-refractivity contribution in [2.45, 2.75) is 32.0 Å². The van der Waals surface area contributed by atoms with Gasteiger partial charge in [0.05, 0.1) is 0 Å². The fourth-order valence-corrected chi connectivity index (χ4v) is 2.96. The molecule has 0 radical (unpaired) electrons. The van der Waals surface area contributed by atoms with Crippen LogP contribution in [0, 0.1) is 0 Å². The summed E-state index contributed by atoms with van der Waals surface area (Å²) in [6.45, 7) is -0.146. The molecule has 7 heteroatoms. The lowest BCUT2D eigenvalue weighted by molar-refractivity contribution is -0.0498. The molecule has 0 aromatic heterocycles. The number of hydrogen-bond acceptors (Lipinski definition) is 3. The smallest absolute Gasteiger partial charge is 0.387 e. The van der Waals surface area contributed by atoms with E-state index in [0.717, 1.165) is 24.6 Å². The van der Waals surface area contributed by atoms with Crippen LogP contribution < -0.4 is 10.1 Å². The second kappa shape index (κ2) is 8.82. The molecule has 1 atom stereocenters. The van der Waals surface area contributed by atoms with Crippen LogP contribution in [0.4, 0.5) is 8.78 Å². The number of guanidine groups is 1. The molecule has 1 aliphatic heterocycles. The van der Waals surface area contributed by atoms with Gasteiger partial charge in [-0.2, -0.15) is 8.78 Å². The molecule has 0 spiro atoms.